The number of hydrogen-bond acceptors (Lipinski definition) is 4. The summed E-state index contributed by atoms with van der Waals surface area (Å²) in [6.07, 6.45) is 0.998. The summed E-state index contributed by atoms with van der Waals surface area (Å²) >= 11 is 0. The number of amidine groups is 1. The third-order valence-electron chi connectivity index (χ3n) is 3.14. The molecule has 0 unspecified atom stereocenters. The lowest BCUT2D eigenvalue weighted by molar-refractivity contribution is 0.152. The number of nitrogen functional groups attached to an aromatic ring is 1. The molecule has 1 saturated heterocycles. The Morgan fingerprint density at radius 2 is 2.17 bits per heavy atom. The second kappa shape index (κ2) is 5.35. The number of hydrogen-bond donors (Lipinski definition) is 2. The Balaban J connectivity index is 2.43. The second-order valence-corrected chi connectivity index (χ2v) is 4.61. The molecule has 1 aliphatic rings. The van der Waals surface area contributed by atoms with Crippen LogP contribution in [0.25, 0.3) is 0 Å². The summed E-state index contributed by atoms with van der Waals surface area (Å²) in [6, 6.07) is 2.01. The zero-order valence-electron chi connectivity index (χ0n) is 11.0. The monoisotopic (exact) mass is 248 g/mol. The molecule has 0 amide bonds. The van der Waals surface area contributed by atoms with E-state index in [0.29, 0.717) is 0 Å². The van der Waals surface area contributed by atoms with Crippen LogP contribution in [0.5, 0.6) is 0 Å². The third-order valence-corrected chi connectivity index (χ3v) is 3.14. The molecule has 0 aromatic carbocycles. The van der Waals surface area contributed by atoms with Crippen LogP contribution in [-0.4, -0.2) is 37.1 Å². The van der Waals surface area contributed by atoms with E-state index in [0.717, 1.165) is 55.4 Å². The Morgan fingerprint density at radius 1 is 1.39 bits per heavy atom. The van der Waals surface area contributed by atoms with Gasteiger partial charge in [0.05, 0.1) is 23.6 Å². The van der Waals surface area contributed by atoms with Gasteiger partial charge in [0, 0.05) is 25.4 Å². The van der Waals surface area contributed by atoms with Crippen molar-refractivity contribution in [2.24, 2.45) is 5.73 Å². The van der Waals surface area contributed by atoms with Crippen LogP contribution in [0.2, 0.25) is 0 Å². The molecule has 3 N–H and O–H groups in total. The van der Waals surface area contributed by atoms with Gasteiger partial charge in [-0.25, -0.2) is 0 Å². The highest BCUT2D eigenvalue weighted by molar-refractivity contribution is 6.01. The molecule has 1 aromatic rings. The maximum atomic E-state index is 7.74. The Labute approximate surface area is 107 Å². The molecule has 0 spiro atoms. The summed E-state index contributed by atoms with van der Waals surface area (Å²) in [4.78, 5) is 6.64. The van der Waals surface area contributed by atoms with Crippen LogP contribution in [0.1, 0.15) is 23.4 Å². The fourth-order valence-corrected chi connectivity index (χ4v) is 2.38. The molecule has 0 saturated carbocycles. The number of nitrogens with one attached hydrogen (secondary N) is 1. The fourth-order valence-electron chi connectivity index (χ4n) is 2.38. The molecule has 5 heteroatoms. The van der Waals surface area contributed by atoms with Crippen LogP contribution in [0, 0.1) is 19.3 Å². The predicted octanol–water partition coefficient (Wildman–Crippen LogP) is 1.21. The van der Waals surface area contributed by atoms with Gasteiger partial charge >= 0.3 is 0 Å². The van der Waals surface area contributed by atoms with Gasteiger partial charge in [-0.15, -0.1) is 0 Å². The van der Waals surface area contributed by atoms with Gasteiger partial charge in [-0.2, -0.15) is 0 Å². The van der Waals surface area contributed by atoms with Crippen LogP contribution < -0.4 is 10.6 Å². The first-order valence-electron chi connectivity index (χ1n) is 6.25. The topological polar surface area (TPSA) is 75.2 Å². The van der Waals surface area contributed by atoms with Gasteiger partial charge in [0.25, 0.3) is 0 Å². The van der Waals surface area contributed by atoms with Gasteiger partial charge in [0.2, 0.25) is 0 Å². The summed E-state index contributed by atoms with van der Waals surface area (Å²) in [5, 5.41) is 7.74. The summed E-state index contributed by atoms with van der Waals surface area (Å²) < 4.78 is 5.46. The summed E-state index contributed by atoms with van der Waals surface area (Å²) in [7, 11) is 0. The van der Waals surface area contributed by atoms with Crippen molar-refractivity contribution in [1.82, 2.24) is 4.98 Å². The van der Waals surface area contributed by atoms with Crippen LogP contribution in [0.3, 0.4) is 0 Å². The normalized spacial score (nSPS) is 16.4. The van der Waals surface area contributed by atoms with Crippen LogP contribution in [0.15, 0.2) is 6.07 Å². The van der Waals surface area contributed by atoms with E-state index in [1.54, 1.807) is 0 Å². The van der Waals surface area contributed by atoms with Crippen molar-refractivity contribution in [3.8, 4) is 0 Å². The number of aromatic nitrogens is 1. The van der Waals surface area contributed by atoms with E-state index in [2.05, 4.69) is 9.88 Å². The van der Waals surface area contributed by atoms with Crippen LogP contribution in [0.4, 0.5) is 5.69 Å². The molecule has 0 atom stereocenters. The number of nitrogens with two attached hydrogens (primary N) is 1. The quantitative estimate of drug-likeness (QED) is 0.609. The molecule has 1 aromatic heterocycles. The maximum Gasteiger partial charge on any atom is 0.126 e. The Kier molecular flexibility index (Phi) is 3.81. The number of aryl methyl sites for hydroxylation is 2. The summed E-state index contributed by atoms with van der Waals surface area (Å²) in [5.74, 6) is 0.0835. The van der Waals surface area contributed by atoms with Crippen molar-refractivity contribution >= 4 is 11.5 Å². The molecule has 0 bridgehead atoms. The maximum absolute atomic E-state index is 7.74. The smallest absolute Gasteiger partial charge is 0.126 e. The highest BCUT2D eigenvalue weighted by Crippen LogP contribution is 2.24. The first-order chi connectivity index (χ1) is 8.59. The fraction of sp³-hybridized carbons (Fsp3) is 0.538. The number of ether oxygens (including phenoxy) is 1. The van der Waals surface area contributed by atoms with Gasteiger partial charge in [0.15, 0.2) is 0 Å². The first kappa shape index (κ1) is 12.8. The zero-order chi connectivity index (χ0) is 13.1. The average molecular weight is 248 g/mol. The van der Waals surface area contributed by atoms with Crippen molar-refractivity contribution in [2.45, 2.75) is 20.3 Å². The first-order valence-corrected chi connectivity index (χ1v) is 6.25. The summed E-state index contributed by atoms with van der Waals surface area (Å²) in [5.41, 5.74) is 9.24. The molecule has 18 heavy (non-hydrogen) atoms. The second-order valence-electron chi connectivity index (χ2n) is 4.61. The van der Waals surface area contributed by atoms with Crippen molar-refractivity contribution in [3.05, 3.63) is 23.0 Å². The Morgan fingerprint density at radius 3 is 2.89 bits per heavy atom. The van der Waals surface area contributed by atoms with E-state index in [-0.39, 0.29) is 5.84 Å². The molecule has 2 heterocycles. The predicted molar refractivity (Wildman–Crippen MR) is 72.4 cm³/mol. The average Bonchev–Trinajstić information content (AvgIpc) is 2.55. The van der Waals surface area contributed by atoms with E-state index in [1.807, 2.05) is 19.9 Å². The van der Waals surface area contributed by atoms with Crippen molar-refractivity contribution in [3.63, 3.8) is 0 Å². The number of nitrogens with zero attached hydrogens (tertiary/aromatic N) is 2. The van der Waals surface area contributed by atoms with Crippen molar-refractivity contribution < 1.29 is 4.74 Å². The van der Waals surface area contributed by atoms with E-state index in [9.17, 15) is 0 Å². The standard InChI is InChI=1S/C13H20N4O/c1-9-8-11(12(13(14)15)10(2)16-9)17-4-3-6-18-7-5-17/h8H,3-7H2,1-2H3,(H3,14,15). The lowest BCUT2D eigenvalue weighted by Gasteiger charge is -2.25. The van der Waals surface area contributed by atoms with E-state index < -0.39 is 0 Å². The molecule has 5 nitrogen and oxygen atoms in total. The number of rotatable bonds is 2. The lowest BCUT2D eigenvalue weighted by Crippen LogP contribution is -2.29. The molecular formula is C13H20N4O. The minimum absolute atomic E-state index is 0.0835. The van der Waals surface area contributed by atoms with E-state index in [1.165, 1.54) is 0 Å². The molecule has 2 rings (SSSR count). The summed E-state index contributed by atoms with van der Waals surface area (Å²) in [6.45, 7) is 7.16. The van der Waals surface area contributed by atoms with E-state index in [4.69, 9.17) is 15.9 Å². The highest BCUT2D eigenvalue weighted by Gasteiger charge is 2.18. The molecule has 1 aliphatic heterocycles. The van der Waals surface area contributed by atoms with Gasteiger partial charge in [-0.3, -0.25) is 10.4 Å². The van der Waals surface area contributed by atoms with E-state index >= 15 is 0 Å². The van der Waals surface area contributed by atoms with Crippen LogP contribution >= 0.6 is 0 Å². The van der Waals surface area contributed by atoms with Gasteiger partial charge in [0.1, 0.15) is 5.84 Å². The molecule has 0 aliphatic carbocycles. The number of anilines is 1. The SMILES string of the molecule is Cc1cc(N2CCCOCC2)c(C(=N)N)c(C)n1. The molecular weight excluding hydrogens is 228 g/mol. The third kappa shape index (κ3) is 2.61. The Bertz CT molecular complexity index is 451. The van der Waals surface area contributed by atoms with Gasteiger partial charge in [-0.1, -0.05) is 0 Å². The zero-order valence-corrected chi connectivity index (χ0v) is 11.0. The van der Waals surface area contributed by atoms with Gasteiger partial charge in [-0.05, 0) is 26.3 Å². The lowest BCUT2D eigenvalue weighted by atomic mass is 10.1. The minimum Gasteiger partial charge on any atom is -0.384 e. The molecule has 98 valence electrons. The molecule has 1 fully saturated rings. The van der Waals surface area contributed by atoms with Crippen molar-refractivity contribution in [2.75, 3.05) is 31.2 Å². The van der Waals surface area contributed by atoms with Crippen LogP contribution in [-0.2, 0) is 4.74 Å². The van der Waals surface area contributed by atoms with Crippen molar-refractivity contribution in [1.29, 1.82) is 5.41 Å². The minimum atomic E-state index is 0.0835. The largest absolute Gasteiger partial charge is 0.384 e. The Hall–Kier alpha value is -1.62. The highest BCUT2D eigenvalue weighted by atomic mass is 16.5. The number of pyridine rings is 1. The molecule has 0 radical (unpaired) electrons. The van der Waals surface area contributed by atoms with Gasteiger partial charge < -0.3 is 15.4 Å².